The summed E-state index contributed by atoms with van der Waals surface area (Å²) in [5, 5.41) is 3.27. The molecule has 1 aromatic carbocycles. The first-order chi connectivity index (χ1) is 7.63. The van der Waals surface area contributed by atoms with Crippen LogP contribution in [0.1, 0.15) is 26.3 Å². The minimum Gasteiger partial charge on any atom is -0.491 e. The van der Waals surface area contributed by atoms with E-state index in [1.54, 1.807) is 6.07 Å². The highest BCUT2D eigenvalue weighted by Gasteiger charge is 2.04. The first kappa shape index (κ1) is 13.0. The van der Waals surface area contributed by atoms with Gasteiger partial charge >= 0.3 is 0 Å². The van der Waals surface area contributed by atoms with Gasteiger partial charge < -0.3 is 10.1 Å². The van der Waals surface area contributed by atoms with Gasteiger partial charge in [0.2, 0.25) is 0 Å². The average Bonchev–Trinajstić information content (AvgIpc) is 2.21. The average molecular weight is 225 g/mol. The van der Waals surface area contributed by atoms with E-state index in [0.29, 0.717) is 24.8 Å². The lowest BCUT2D eigenvalue weighted by Gasteiger charge is -2.09. The molecule has 0 aliphatic heterocycles. The van der Waals surface area contributed by atoms with Crippen molar-refractivity contribution in [3.63, 3.8) is 0 Å². The monoisotopic (exact) mass is 225 g/mol. The molecule has 0 aliphatic rings. The Morgan fingerprint density at radius 2 is 2.12 bits per heavy atom. The van der Waals surface area contributed by atoms with Crippen molar-refractivity contribution < 1.29 is 9.13 Å². The largest absolute Gasteiger partial charge is 0.491 e. The number of halogens is 1. The Balaban J connectivity index is 2.52. The highest BCUT2D eigenvalue weighted by molar-refractivity contribution is 5.29. The van der Waals surface area contributed by atoms with Crippen molar-refractivity contribution in [1.29, 1.82) is 0 Å². The molecule has 0 saturated heterocycles. The van der Waals surface area contributed by atoms with E-state index in [-0.39, 0.29) is 5.82 Å². The van der Waals surface area contributed by atoms with Crippen LogP contribution in [0.5, 0.6) is 5.75 Å². The van der Waals surface area contributed by atoms with Crippen molar-refractivity contribution in [3.05, 3.63) is 29.6 Å². The molecule has 3 heteroatoms. The third-order valence-electron chi connectivity index (χ3n) is 2.18. The van der Waals surface area contributed by atoms with Crippen LogP contribution < -0.4 is 10.1 Å². The Kier molecular flexibility index (Phi) is 5.26. The van der Waals surface area contributed by atoms with E-state index in [1.807, 2.05) is 13.0 Å². The number of benzene rings is 1. The van der Waals surface area contributed by atoms with Gasteiger partial charge in [0.1, 0.15) is 0 Å². The van der Waals surface area contributed by atoms with Gasteiger partial charge in [0.05, 0.1) is 6.61 Å². The lowest BCUT2D eigenvalue weighted by atomic mass is 10.2. The Bertz CT molecular complexity index is 326. The van der Waals surface area contributed by atoms with E-state index in [2.05, 4.69) is 19.2 Å². The SMILES string of the molecule is CCOc1ccc(CNCC(C)C)cc1F. The number of ether oxygens (including phenoxy) is 1. The molecule has 0 heterocycles. The van der Waals surface area contributed by atoms with Crippen molar-refractivity contribution in [2.24, 2.45) is 5.92 Å². The first-order valence-electron chi connectivity index (χ1n) is 5.75. The van der Waals surface area contributed by atoms with Crippen LogP contribution in [-0.2, 0) is 6.54 Å². The normalized spacial score (nSPS) is 10.8. The molecule has 0 atom stereocenters. The van der Waals surface area contributed by atoms with Crippen LogP contribution in [0.4, 0.5) is 4.39 Å². The van der Waals surface area contributed by atoms with Crippen molar-refractivity contribution in [2.75, 3.05) is 13.2 Å². The third-order valence-corrected chi connectivity index (χ3v) is 2.18. The quantitative estimate of drug-likeness (QED) is 0.803. The molecule has 0 bridgehead atoms. The second-order valence-electron chi connectivity index (χ2n) is 4.22. The first-order valence-corrected chi connectivity index (χ1v) is 5.75. The fourth-order valence-electron chi connectivity index (χ4n) is 1.43. The Morgan fingerprint density at radius 1 is 1.38 bits per heavy atom. The summed E-state index contributed by atoms with van der Waals surface area (Å²) in [6, 6.07) is 5.10. The highest BCUT2D eigenvalue weighted by Crippen LogP contribution is 2.18. The summed E-state index contributed by atoms with van der Waals surface area (Å²) in [4.78, 5) is 0. The molecular formula is C13H20FNO. The molecule has 1 aromatic rings. The second-order valence-corrected chi connectivity index (χ2v) is 4.22. The Hall–Kier alpha value is -1.09. The van der Waals surface area contributed by atoms with Crippen molar-refractivity contribution in [3.8, 4) is 5.75 Å². The van der Waals surface area contributed by atoms with Crippen molar-refractivity contribution in [2.45, 2.75) is 27.3 Å². The smallest absolute Gasteiger partial charge is 0.165 e. The van der Waals surface area contributed by atoms with E-state index in [1.165, 1.54) is 6.07 Å². The van der Waals surface area contributed by atoms with Gasteiger partial charge in [-0.2, -0.15) is 0 Å². The van der Waals surface area contributed by atoms with Gasteiger partial charge in [0.15, 0.2) is 11.6 Å². The summed E-state index contributed by atoms with van der Waals surface area (Å²) in [5.41, 5.74) is 0.946. The standard InChI is InChI=1S/C13H20FNO/c1-4-16-13-6-5-11(7-12(13)14)9-15-8-10(2)3/h5-7,10,15H,4,8-9H2,1-3H3. The lowest BCUT2D eigenvalue weighted by molar-refractivity contribution is 0.321. The van der Waals surface area contributed by atoms with Crippen molar-refractivity contribution in [1.82, 2.24) is 5.32 Å². The van der Waals surface area contributed by atoms with Gasteiger partial charge in [-0.05, 0) is 37.1 Å². The zero-order valence-electron chi connectivity index (χ0n) is 10.2. The number of hydrogen-bond donors (Lipinski definition) is 1. The van der Waals surface area contributed by atoms with Crippen molar-refractivity contribution >= 4 is 0 Å². The molecule has 2 nitrogen and oxygen atoms in total. The molecule has 0 fully saturated rings. The second kappa shape index (κ2) is 6.48. The molecule has 0 spiro atoms. The summed E-state index contributed by atoms with van der Waals surface area (Å²) in [5.74, 6) is 0.647. The summed E-state index contributed by atoms with van der Waals surface area (Å²) >= 11 is 0. The van der Waals surface area contributed by atoms with E-state index >= 15 is 0 Å². The molecule has 0 radical (unpaired) electrons. The van der Waals surface area contributed by atoms with Crippen LogP contribution in [0.3, 0.4) is 0 Å². The maximum absolute atomic E-state index is 13.5. The summed E-state index contributed by atoms with van der Waals surface area (Å²) in [6.07, 6.45) is 0. The third kappa shape index (κ3) is 4.19. The van der Waals surface area contributed by atoms with E-state index in [9.17, 15) is 4.39 Å². The van der Waals surface area contributed by atoms with E-state index < -0.39 is 0 Å². The topological polar surface area (TPSA) is 21.3 Å². The van der Waals surface area contributed by atoms with Crippen LogP contribution >= 0.6 is 0 Å². The van der Waals surface area contributed by atoms with E-state index in [0.717, 1.165) is 12.1 Å². The van der Waals surface area contributed by atoms with Crippen LogP contribution in [0.2, 0.25) is 0 Å². The molecule has 0 aliphatic carbocycles. The summed E-state index contributed by atoms with van der Waals surface area (Å²) < 4.78 is 18.6. The lowest BCUT2D eigenvalue weighted by Crippen LogP contribution is -2.19. The van der Waals surface area contributed by atoms with Gasteiger partial charge in [-0.15, -0.1) is 0 Å². The minimum absolute atomic E-state index is 0.286. The minimum atomic E-state index is -0.286. The molecule has 0 amide bonds. The molecular weight excluding hydrogens is 205 g/mol. The van der Waals surface area contributed by atoms with Crippen LogP contribution in [0.25, 0.3) is 0 Å². The predicted octanol–water partition coefficient (Wildman–Crippen LogP) is 2.97. The summed E-state index contributed by atoms with van der Waals surface area (Å²) in [7, 11) is 0. The van der Waals surface area contributed by atoms with Crippen LogP contribution in [-0.4, -0.2) is 13.2 Å². The molecule has 90 valence electrons. The molecule has 0 unspecified atom stereocenters. The molecule has 0 aromatic heterocycles. The fraction of sp³-hybridized carbons (Fsp3) is 0.538. The number of hydrogen-bond acceptors (Lipinski definition) is 2. The van der Waals surface area contributed by atoms with Gasteiger partial charge in [-0.25, -0.2) is 4.39 Å². The Labute approximate surface area is 96.8 Å². The fourth-order valence-corrected chi connectivity index (χ4v) is 1.43. The number of nitrogens with one attached hydrogen (secondary N) is 1. The van der Waals surface area contributed by atoms with Crippen LogP contribution in [0.15, 0.2) is 18.2 Å². The zero-order chi connectivity index (χ0) is 12.0. The Morgan fingerprint density at radius 3 is 2.69 bits per heavy atom. The molecule has 1 rings (SSSR count). The van der Waals surface area contributed by atoms with E-state index in [4.69, 9.17) is 4.74 Å². The molecule has 1 N–H and O–H groups in total. The highest BCUT2D eigenvalue weighted by atomic mass is 19.1. The van der Waals surface area contributed by atoms with Gasteiger partial charge in [-0.1, -0.05) is 19.9 Å². The summed E-state index contributed by atoms with van der Waals surface area (Å²) in [6.45, 7) is 8.26. The predicted molar refractivity (Wildman–Crippen MR) is 64.1 cm³/mol. The maximum atomic E-state index is 13.5. The zero-order valence-corrected chi connectivity index (χ0v) is 10.2. The maximum Gasteiger partial charge on any atom is 0.165 e. The molecule has 16 heavy (non-hydrogen) atoms. The van der Waals surface area contributed by atoms with Gasteiger partial charge in [0.25, 0.3) is 0 Å². The number of rotatable bonds is 6. The van der Waals surface area contributed by atoms with Crippen LogP contribution in [0, 0.1) is 11.7 Å². The van der Waals surface area contributed by atoms with Gasteiger partial charge in [-0.3, -0.25) is 0 Å². The molecule has 0 saturated carbocycles. The van der Waals surface area contributed by atoms with Gasteiger partial charge in [0, 0.05) is 6.54 Å².